The number of nitrogens with zero attached hydrogens (tertiary/aromatic N) is 3. The molecular weight excluding hydrogens is 384 g/mol. The SMILES string of the molecule is Cc1ccc(-c2c(C)sc3ncnc(Nc4ccc(SC#N)cc4)c23)cc1C. The maximum absolute atomic E-state index is 8.80. The van der Waals surface area contributed by atoms with Gasteiger partial charge in [-0.2, -0.15) is 5.26 Å². The van der Waals surface area contributed by atoms with Crippen molar-refractivity contribution in [3.8, 4) is 16.5 Å². The summed E-state index contributed by atoms with van der Waals surface area (Å²) in [5, 5.41) is 15.4. The summed E-state index contributed by atoms with van der Waals surface area (Å²) in [5.74, 6) is 0.795. The molecule has 4 aromatic rings. The third kappa shape index (κ3) is 3.47. The Kier molecular flexibility index (Phi) is 5.03. The Labute approximate surface area is 172 Å². The molecule has 0 fully saturated rings. The van der Waals surface area contributed by atoms with Gasteiger partial charge in [0.25, 0.3) is 0 Å². The van der Waals surface area contributed by atoms with E-state index in [1.165, 1.54) is 27.1 Å². The Balaban J connectivity index is 1.81. The predicted molar refractivity (Wildman–Crippen MR) is 118 cm³/mol. The molecule has 0 unspecified atom stereocenters. The van der Waals surface area contributed by atoms with Crippen molar-refractivity contribution in [3.63, 3.8) is 0 Å². The predicted octanol–water partition coefficient (Wildman–Crippen LogP) is 6.60. The number of rotatable bonds is 4. The molecular formula is C22H18N4S2. The van der Waals surface area contributed by atoms with Crippen molar-refractivity contribution in [2.75, 3.05) is 5.32 Å². The molecule has 138 valence electrons. The van der Waals surface area contributed by atoms with Gasteiger partial charge in [-0.1, -0.05) is 18.2 Å². The molecule has 0 bridgehead atoms. The van der Waals surface area contributed by atoms with E-state index < -0.39 is 0 Å². The van der Waals surface area contributed by atoms with Gasteiger partial charge in [-0.15, -0.1) is 11.3 Å². The second-order valence-electron chi connectivity index (χ2n) is 6.58. The minimum atomic E-state index is 0.795. The van der Waals surface area contributed by atoms with E-state index >= 15 is 0 Å². The van der Waals surface area contributed by atoms with Crippen molar-refractivity contribution in [2.24, 2.45) is 0 Å². The lowest BCUT2D eigenvalue weighted by atomic mass is 9.99. The van der Waals surface area contributed by atoms with Crippen molar-refractivity contribution in [2.45, 2.75) is 25.7 Å². The smallest absolute Gasteiger partial charge is 0.143 e. The van der Waals surface area contributed by atoms with Crippen molar-refractivity contribution < 1.29 is 0 Å². The number of hydrogen-bond acceptors (Lipinski definition) is 6. The fourth-order valence-electron chi connectivity index (χ4n) is 3.18. The minimum Gasteiger partial charge on any atom is -0.340 e. The summed E-state index contributed by atoms with van der Waals surface area (Å²) >= 11 is 2.84. The average Bonchev–Trinajstić information content (AvgIpc) is 3.03. The minimum absolute atomic E-state index is 0.795. The zero-order valence-electron chi connectivity index (χ0n) is 15.8. The van der Waals surface area contributed by atoms with Crippen molar-refractivity contribution in [3.05, 3.63) is 64.8 Å². The molecule has 0 saturated carbocycles. The fourth-order valence-corrected chi connectivity index (χ4v) is 4.57. The molecule has 0 aliphatic heterocycles. The van der Waals surface area contributed by atoms with Crippen LogP contribution in [0.15, 0.2) is 53.7 Å². The van der Waals surface area contributed by atoms with Gasteiger partial charge in [-0.3, -0.25) is 0 Å². The Bertz CT molecular complexity index is 1200. The monoisotopic (exact) mass is 402 g/mol. The lowest BCUT2D eigenvalue weighted by Crippen LogP contribution is -1.96. The van der Waals surface area contributed by atoms with Crippen molar-refractivity contribution >= 4 is 44.8 Å². The van der Waals surface area contributed by atoms with Crippen LogP contribution in [0.5, 0.6) is 0 Å². The number of thiocyanates is 1. The van der Waals surface area contributed by atoms with Crippen LogP contribution in [0.2, 0.25) is 0 Å². The van der Waals surface area contributed by atoms with Gasteiger partial charge in [0.15, 0.2) is 0 Å². The normalized spacial score (nSPS) is 10.8. The molecule has 0 radical (unpaired) electrons. The summed E-state index contributed by atoms with van der Waals surface area (Å²) in [6.07, 6.45) is 1.60. The van der Waals surface area contributed by atoms with Gasteiger partial charge in [0.2, 0.25) is 0 Å². The molecule has 6 heteroatoms. The average molecular weight is 403 g/mol. The van der Waals surface area contributed by atoms with E-state index in [9.17, 15) is 0 Å². The Morgan fingerprint density at radius 3 is 2.50 bits per heavy atom. The summed E-state index contributed by atoms with van der Waals surface area (Å²) in [4.78, 5) is 12.1. The zero-order chi connectivity index (χ0) is 19.7. The molecule has 2 aromatic heterocycles. The maximum Gasteiger partial charge on any atom is 0.143 e. The summed E-state index contributed by atoms with van der Waals surface area (Å²) in [7, 11) is 0. The highest BCUT2D eigenvalue weighted by molar-refractivity contribution is 8.03. The first-order valence-corrected chi connectivity index (χ1v) is 10.4. The highest BCUT2D eigenvalue weighted by Crippen LogP contribution is 2.41. The highest BCUT2D eigenvalue weighted by Gasteiger charge is 2.17. The number of nitriles is 1. The maximum atomic E-state index is 8.80. The molecule has 4 nitrogen and oxygen atoms in total. The third-order valence-electron chi connectivity index (χ3n) is 4.74. The van der Waals surface area contributed by atoms with Crippen LogP contribution in [0.4, 0.5) is 11.5 Å². The first-order chi connectivity index (χ1) is 13.6. The number of aryl methyl sites for hydroxylation is 3. The molecule has 0 spiro atoms. The lowest BCUT2D eigenvalue weighted by Gasteiger charge is -2.10. The van der Waals surface area contributed by atoms with Gasteiger partial charge in [-0.25, -0.2) is 9.97 Å². The van der Waals surface area contributed by atoms with Gasteiger partial charge in [0, 0.05) is 21.0 Å². The van der Waals surface area contributed by atoms with E-state index in [1.807, 2.05) is 24.3 Å². The number of fused-ring (bicyclic) bond motifs is 1. The first-order valence-electron chi connectivity index (χ1n) is 8.81. The van der Waals surface area contributed by atoms with Gasteiger partial charge in [-0.05, 0) is 73.5 Å². The molecule has 0 saturated heterocycles. The van der Waals surface area contributed by atoms with Gasteiger partial charge < -0.3 is 5.32 Å². The molecule has 2 aromatic carbocycles. The Morgan fingerprint density at radius 2 is 1.79 bits per heavy atom. The van der Waals surface area contributed by atoms with Gasteiger partial charge in [0.1, 0.15) is 22.4 Å². The number of anilines is 2. The number of benzene rings is 2. The van der Waals surface area contributed by atoms with E-state index in [4.69, 9.17) is 5.26 Å². The fraction of sp³-hybridized carbons (Fsp3) is 0.136. The van der Waals surface area contributed by atoms with Crippen LogP contribution in [-0.2, 0) is 0 Å². The van der Waals surface area contributed by atoms with Crippen LogP contribution in [0, 0.1) is 31.4 Å². The standard InChI is InChI=1S/C22H18N4S2/c1-13-4-5-16(10-14(13)2)19-15(3)28-22-20(19)21(24-12-25-22)26-17-6-8-18(9-7-17)27-11-23/h4-10,12H,1-3H3,(H,24,25,26). The number of thioether (sulfide) groups is 1. The molecule has 0 aliphatic rings. The van der Waals surface area contributed by atoms with Crippen LogP contribution in [0.1, 0.15) is 16.0 Å². The lowest BCUT2D eigenvalue weighted by molar-refractivity contribution is 1.23. The molecule has 0 amide bonds. The Morgan fingerprint density at radius 1 is 1.00 bits per heavy atom. The number of aromatic nitrogens is 2. The molecule has 0 aliphatic carbocycles. The molecule has 1 N–H and O–H groups in total. The summed E-state index contributed by atoms with van der Waals surface area (Å²) in [5.41, 5.74) is 5.85. The summed E-state index contributed by atoms with van der Waals surface area (Å²) in [6, 6.07) is 14.3. The largest absolute Gasteiger partial charge is 0.340 e. The second-order valence-corrected chi connectivity index (χ2v) is 8.64. The van der Waals surface area contributed by atoms with Crippen molar-refractivity contribution in [1.82, 2.24) is 9.97 Å². The number of hydrogen-bond donors (Lipinski definition) is 1. The molecule has 2 heterocycles. The van der Waals surface area contributed by atoms with Crippen LogP contribution >= 0.6 is 23.1 Å². The van der Waals surface area contributed by atoms with Crippen LogP contribution in [0.3, 0.4) is 0 Å². The Hall–Kier alpha value is -2.88. The molecule has 0 atom stereocenters. The van der Waals surface area contributed by atoms with Crippen LogP contribution < -0.4 is 5.32 Å². The van der Waals surface area contributed by atoms with E-state index in [2.05, 4.69) is 59.7 Å². The van der Waals surface area contributed by atoms with E-state index in [-0.39, 0.29) is 0 Å². The van der Waals surface area contributed by atoms with E-state index in [0.29, 0.717) is 0 Å². The van der Waals surface area contributed by atoms with Crippen molar-refractivity contribution in [1.29, 1.82) is 5.26 Å². The molecule has 4 rings (SSSR count). The quantitative estimate of drug-likeness (QED) is 0.308. The number of thiophene rings is 1. The van der Waals surface area contributed by atoms with E-state index in [1.54, 1.807) is 17.7 Å². The summed E-state index contributed by atoms with van der Waals surface area (Å²) in [6.45, 7) is 6.40. The zero-order valence-corrected chi connectivity index (χ0v) is 17.4. The summed E-state index contributed by atoms with van der Waals surface area (Å²) < 4.78 is 0. The van der Waals surface area contributed by atoms with Crippen LogP contribution in [-0.4, -0.2) is 9.97 Å². The van der Waals surface area contributed by atoms with E-state index in [0.717, 1.165) is 38.4 Å². The topological polar surface area (TPSA) is 61.6 Å². The third-order valence-corrected chi connectivity index (χ3v) is 6.35. The van der Waals surface area contributed by atoms with Crippen LogP contribution in [0.25, 0.3) is 21.3 Å². The second kappa shape index (κ2) is 7.63. The van der Waals surface area contributed by atoms with Gasteiger partial charge in [0.05, 0.1) is 5.39 Å². The van der Waals surface area contributed by atoms with Gasteiger partial charge >= 0.3 is 0 Å². The highest BCUT2D eigenvalue weighted by atomic mass is 32.2. The number of nitrogens with one attached hydrogen (secondary N) is 1. The molecule has 28 heavy (non-hydrogen) atoms. The first kappa shape index (κ1) is 18.5.